The highest BCUT2D eigenvalue weighted by Crippen LogP contribution is 2.28. The van der Waals surface area contributed by atoms with Crippen molar-refractivity contribution in [2.45, 2.75) is 25.8 Å². The van der Waals surface area contributed by atoms with Gasteiger partial charge in [0, 0.05) is 11.6 Å². The van der Waals surface area contributed by atoms with E-state index in [1.165, 1.54) is 18.2 Å². The van der Waals surface area contributed by atoms with E-state index >= 15 is 0 Å². The first-order chi connectivity index (χ1) is 13.0. The minimum absolute atomic E-state index is 0.0876. The molecule has 1 saturated carbocycles. The second-order valence-corrected chi connectivity index (χ2v) is 6.70. The lowest BCUT2D eigenvalue weighted by molar-refractivity contribution is -0.148. The van der Waals surface area contributed by atoms with Crippen LogP contribution in [0.1, 0.15) is 45.5 Å². The van der Waals surface area contributed by atoms with Crippen LogP contribution in [0.5, 0.6) is 0 Å². The lowest BCUT2D eigenvalue weighted by Crippen LogP contribution is -2.29. The number of rotatable bonds is 5. The van der Waals surface area contributed by atoms with E-state index in [2.05, 4.69) is 5.48 Å². The second-order valence-electron chi connectivity index (χ2n) is 6.70. The van der Waals surface area contributed by atoms with Crippen LogP contribution in [0, 0.1) is 11.7 Å². The first kappa shape index (κ1) is 17.2. The van der Waals surface area contributed by atoms with Gasteiger partial charge in [-0.05, 0) is 31.0 Å². The maximum Gasteiger partial charge on any atom is 0.335 e. The fraction of sp³-hybridized carbons (Fsp3) is 0.250. The fourth-order valence-corrected chi connectivity index (χ4v) is 3.13. The molecule has 7 heteroatoms. The maximum atomic E-state index is 14.4. The minimum atomic E-state index is -0.601. The van der Waals surface area contributed by atoms with Crippen LogP contribution in [0.4, 0.5) is 10.1 Å². The fourth-order valence-electron chi connectivity index (χ4n) is 3.13. The number of imide groups is 1. The quantitative estimate of drug-likeness (QED) is 0.647. The number of carbonyl (C=O) groups is 3. The third kappa shape index (κ3) is 3.16. The van der Waals surface area contributed by atoms with Crippen LogP contribution in [-0.2, 0) is 16.2 Å². The SMILES string of the molecule is O=C(ONc1ccc(CN2C(=O)c3ccccc3C2=O)c(F)c1)C1CCC1. The van der Waals surface area contributed by atoms with Crippen LogP contribution in [-0.4, -0.2) is 22.7 Å². The Hall–Kier alpha value is -3.22. The van der Waals surface area contributed by atoms with Crippen molar-refractivity contribution in [3.05, 3.63) is 65.0 Å². The summed E-state index contributed by atoms with van der Waals surface area (Å²) in [7, 11) is 0. The van der Waals surface area contributed by atoms with Crippen LogP contribution in [0.15, 0.2) is 42.5 Å². The number of benzene rings is 2. The summed E-state index contributed by atoms with van der Waals surface area (Å²) in [6, 6.07) is 10.7. The van der Waals surface area contributed by atoms with Crippen molar-refractivity contribution in [2.75, 3.05) is 5.48 Å². The van der Waals surface area contributed by atoms with Crippen LogP contribution in [0.2, 0.25) is 0 Å². The van der Waals surface area contributed by atoms with Crippen LogP contribution < -0.4 is 5.48 Å². The Morgan fingerprint density at radius 2 is 1.78 bits per heavy atom. The Morgan fingerprint density at radius 3 is 2.33 bits per heavy atom. The largest absolute Gasteiger partial charge is 0.343 e. The zero-order chi connectivity index (χ0) is 19.0. The lowest BCUT2D eigenvalue weighted by Gasteiger charge is -2.22. The summed E-state index contributed by atoms with van der Waals surface area (Å²) in [6.45, 7) is -0.166. The number of halogens is 1. The first-order valence-corrected chi connectivity index (χ1v) is 8.75. The predicted molar refractivity (Wildman–Crippen MR) is 94.1 cm³/mol. The van der Waals surface area contributed by atoms with Gasteiger partial charge in [-0.15, -0.1) is 0 Å². The zero-order valence-corrected chi connectivity index (χ0v) is 14.4. The van der Waals surface area contributed by atoms with Gasteiger partial charge >= 0.3 is 5.97 Å². The van der Waals surface area contributed by atoms with E-state index < -0.39 is 17.6 Å². The first-order valence-electron chi connectivity index (χ1n) is 8.75. The predicted octanol–water partition coefficient (Wildman–Crippen LogP) is 3.29. The van der Waals surface area contributed by atoms with Gasteiger partial charge in [0.2, 0.25) is 0 Å². The highest BCUT2D eigenvalue weighted by Gasteiger charge is 2.35. The van der Waals surface area contributed by atoms with Crippen LogP contribution in [0.3, 0.4) is 0 Å². The van der Waals surface area contributed by atoms with Gasteiger partial charge < -0.3 is 4.84 Å². The molecule has 0 atom stereocenters. The summed E-state index contributed by atoms with van der Waals surface area (Å²) in [5.41, 5.74) is 3.57. The van der Waals surface area contributed by atoms with E-state index in [1.54, 1.807) is 24.3 Å². The highest BCUT2D eigenvalue weighted by atomic mass is 19.1. The monoisotopic (exact) mass is 368 g/mol. The maximum absolute atomic E-state index is 14.4. The molecule has 0 radical (unpaired) electrons. The van der Waals surface area contributed by atoms with E-state index in [9.17, 15) is 18.8 Å². The summed E-state index contributed by atoms with van der Waals surface area (Å²) < 4.78 is 14.4. The summed E-state index contributed by atoms with van der Waals surface area (Å²) in [5, 5.41) is 0. The van der Waals surface area contributed by atoms with Gasteiger partial charge in [0.05, 0.1) is 29.3 Å². The van der Waals surface area contributed by atoms with Crippen molar-refractivity contribution in [1.29, 1.82) is 0 Å². The molecule has 2 amide bonds. The van der Waals surface area contributed by atoms with Crippen molar-refractivity contribution in [2.24, 2.45) is 5.92 Å². The summed E-state index contributed by atoms with van der Waals surface area (Å²) >= 11 is 0. The van der Waals surface area contributed by atoms with Gasteiger partial charge in [0.15, 0.2) is 0 Å². The molecule has 1 aliphatic carbocycles. The Kier molecular flexibility index (Phi) is 4.35. The molecule has 27 heavy (non-hydrogen) atoms. The number of amides is 2. The molecule has 1 aliphatic heterocycles. The number of carbonyl (C=O) groups excluding carboxylic acids is 3. The molecule has 0 saturated heterocycles. The van der Waals surface area contributed by atoms with Gasteiger partial charge in [-0.25, -0.2) is 14.7 Å². The topological polar surface area (TPSA) is 75.7 Å². The summed E-state index contributed by atoms with van der Waals surface area (Å²) in [6.07, 6.45) is 2.64. The Labute approximate surface area is 154 Å². The molecule has 2 aromatic rings. The number of anilines is 1. The van der Waals surface area contributed by atoms with Crippen molar-refractivity contribution in [3.63, 3.8) is 0 Å². The highest BCUT2D eigenvalue weighted by molar-refractivity contribution is 6.21. The Morgan fingerprint density at radius 1 is 1.11 bits per heavy atom. The second kappa shape index (κ2) is 6.83. The molecule has 0 aromatic heterocycles. The normalized spacial score (nSPS) is 16.1. The zero-order valence-electron chi connectivity index (χ0n) is 14.4. The van der Waals surface area contributed by atoms with E-state index in [-0.39, 0.29) is 29.7 Å². The smallest absolute Gasteiger partial charge is 0.335 e. The van der Waals surface area contributed by atoms with Crippen LogP contribution in [0.25, 0.3) is 0 Å². The van der Waals surface area contributed by atoms with E-state index in [4.69, 9.17) is 4.84 Å². The number of nitrogens with one attached hydrogen (secondary N) is 1. The van der Waals surface area contributed by atoms with Crippen molar-refractivity contribution in [1.82, 2.24) is 4.90 Å². The average Bonchev–Trinajstić information content (AvgIpc) is 2.86. The van der Waals surface area contributed by atoms with Gasteiger partial charge in [0.25, 0.3) is 11.8 Å². The molecular weight excluding hydrogens is 351 g/mol. The third-order valence-corrected chi connectivity index (χ3v) is 4.97. The molecule has 4 rings (SSSR count). The molecular formula is C20H17FN2O4. The molecule has 0 bridgehead atoms. The summed E-state index contributed by atoms with van der Waals surface area (Å²) in [5.74, 6) is -1.92. The molecule has 1 N–H and O–H groups in total. The molecule has 2 aliphatic rings. The third-order valence-electron chi connectivity index (χ3n) is 4.97. The number of fused-ring (bicyclic) bond motifs is 1. The Balaban J connectivity index is 1.43. The lowest BCUT2D eigenvalue weighted by atomic mass is 9.86. The molecule has 2 aromatic carbocycles. The molecule has 6 nitrogen and oxygen atoms in total. The van der Waals surface area contributed by atoms with Gasteiger partial charge in [-0.1, -0.05) is 24.6 Å². The molecule has 1 heterocycles. The van der Waals surface area contributed by atoms with Gasteiger partial charge in [-0.2, -0.15) is 0 Å². The standard InChI is InChI=1S/C20H17FN2O4/c21-17-10-14(22-27-20(26)12-4-3-5-12)9-8-13(17)11-23-18(24)15-6-1-2-7-16(15)19(23)25/h1-2,6-10,12,22H,3-5,11H2. The van der Waals surface area contributed by atoms with Gasteiger partial charge in [0.1, 0.15) is 5.82 Å². The molecule has 1 fully saturated rings. The van der Waals surface area contributed by atoms with Crippen molar-refractivity contribution < 1.29 is 23.6 Å². The number of hydrogen-bond donors (Lipinski definition) is 1. The molecule has 138 valence electrons. The van der Waals surface area contributed by atoms with E-state index in [1.807, 2.05) is 0 Å². The van der Waals surface area contributed by atoms with Gasteiger partial charge in [-0.3, -0.25) is 14.5 Å². The minimum Gasteiger partial charge on any atom is -0.343 e. The molecule has 0 spiro atoms. The van der Waals surface area contributed by atoms with Crippen molar-refractivity contribution in [3.8, 4) is 0 Å². The van der Waals surface area contributed by atoms with E-state index in [0.717, 1.165) is 24.2 Å². The summed E-state index contributed by atoms with van der Waals surface area (Å²) in [4.78, 5) is 42.4. The number of hydrogen-bond acceptors (Lipinski definition) is 5. The van der Waals surface area contributed by atoms with Crippen LogP contribution >= 0.6 is 0 Å². The van der Waals surface area contributed by atoms with Crippen molar-refractivity contribution >= 4 is 23.5 Å². The number of nitrogens with zero attached hydrogens (tertiary/aromatic N) is 1. The average molecular weight is 368 g/mol. The Bertz CT molecular complexity index is 904. The van der Waals surface area contributed by atoms with E-state index in [0.29, 0.717) is 11.1 Å². The molecule has 0 unspecified atom stereocenters.